The Morgan fingerprint density at radius 2 is 2.15 bits per heavy atom. The normalized spacial score (nSPS) is 22.7. The molecule has 0 aliphatic carbocycles. The molecule has 2 saturated heterocycles. The number of aromatic amines is 1. The van der Waals surface area contributed by atoms with Gasteiger partial charge in [-0.3, -0.25) is 9.59 Å². The average molecular weight is 455 g/mol. The SMILES string of the molecule is C=CC(=O)N1CCN(c2cnc3[nH]cc(C(=O)N[C@@H]4COC[C@@H]4CC(C)C)c3n2)CC1(C)C. The van der Waals surface area contributed by atoms with Crippen LogP contribution in [0.4, 0.5) is 5.82 Å². The molecule has 2 aromatic heterocycles. The first kappa shape index (κ1) is 23.2. The number of aromatic nitrogens is 3. The lowest BCUT2D eigenvalue weighted by Gasteiger charge is -2.47. The maximum Gasteiger partial charge on any atom is 0.255 e. The number of carbonyl (C=O) groups is 2. The Hall–Kier alpha value is -2.94. The van der Waals surface area contributed by atoms with E-state index in [9.17, 15) is 9.59 Å². The Morgan fingerprint density at radius 3 is 2.85 bits per heavy atom. The highest BCUT2D eigenvalue weighted by molar-refractivity contribution is 6.04. The topological polar surface area (TPSA) is 103 Å². The molecule has 2 aliphatic heterocycles. The van der Waals surface area contributed by atoms with Gasteiger partial charge < -0.3 is 24.8 Å². The molecule has 2 aromatic rings. The molecule has 4 heterocycles. The van der Waals surface area contributed by atoms with Crippen molar-refractivity contribution in [1.82, 2.24) is 25.2 Å². The molecule has 178 valence electrons. The molecule has 2 N–H and O–H groups in total. The molecule has 0 radical (unpaired) electrons. The first-order chi connectivity index (χ1) is 15.7. The molecule has 0 aromatic carbocycles. The van der Waals surface area contributed by atoms with Gasteiger partial charge in [-0.2, -0.15) is 0 Å². The Morgan fingerprint density at radius 1 is 1.36 bits per heavy atom. The van der Waals surface area contributed by atoms with Gasteiger partial charge in [0.15, 0.2) is 5.65 Å². The first-order valence-electron chi connectivity index (χ1n) is 11.6. The average Bonchev–Trinajstić information content (AvgIpc) is 3.38. The summed E-state index contributed by atoms with van der Waals surface area (Å²) in [6.45, 7) is 15.0. The van der Waals surface area contributed by atoms with Crippen molar-refractivity contribution in [2.75, 3.05) is 37.7 Å². The molecule has 0 unspecified atom stereocenters. The minimum Gasteiger partial charge on any atom is -0.379 e. The summed E-state index contributed by atoms with van der Waals surface area (Å²) in [5.74, 6) is 1.31. The summed E-state index contributed by atoms with van der Waals surface area (Å²) in [4.78, 5) is 41.6. The van der Waals surface area contributed by atoms with E-state index in [-0.39, 0.29) is 23.4 Å². The van der Waals surface area contributed by atoms with E-state index in [1.807, 2.05) is 18.7 Å². The van der Waals surface area contributed by atoms with Crippen LogP contribution in [0.5, 0.6) is 0 Å². The van der Waals surface area contributed by atoms with Crippen LogP contribution in [0, 0.1) is 11.8 Å². The van der Waals surface area contributed by atoms with Gasteiger partial charge in [0.1, 0.15) is 11.3 Å². The summed E-state index contributed by atoms with van der Waals surface area (Å²) in [5, 5.41) is 3.15. The minimum absolute atomic E-state index is 0.00253. The third-order valence-corrected chi connectivity index (χ3v) is 6.57. The van der Waals surface area contributed by atoms with Crippen LogP contribution in [0.3, 0.4) is 0 Å². The quantitative estimate of drug-likeness (QED) is 0.650. The van der Waals surface area contributed by atoms with E-state index in [2.05, 4.69) is 40.6 Å². The van der Waals surface area contributed by atoms with Crippen molar-refractivity contribution in [3.63, 3.8) is 0 Å². The number of nitrogens with zero attached hydrogens (tertiary/aromatic N) is 4. The van der Waals surface area contributed by atoms with Gasteiger partial charge >= 0.3 is 0 Å². The number of nitrogens with one attached hydrogen (secondary N) is 2. The number of hydrogen-bond donors (Lipinski definition) is 2. The van der Waals surface area contributed by atoms with Crippen LogP contribution in [0.25, 0.3) is 11.2 Å². The van der Waals surface area contributed by atoms with Gasteiger partial charge in [-0.25, -0.2) is 9.97 Å². The highest BCUT2D eigenvalue weighted by Gasteiger charge is 2.36. The number of hydrogen-bond acceptors (Lipinski definition) is 6. The van der Waals surface area contributed by atoms with E-state index in [1.165, 1.54) is 6.08 Å². The van der Waals surface area contributed by atoms with Gasteiger partial charge in [0, 0.05) is 31.7 Å². The summed E-state index contributed by atoms with van der Waals surface area (Å²) in [7, 11) is 0. The molecule has 0 spiro atoms. The Balaban J connectivity index is 1.53. The van der Waals surface area contributed by atoms with Crippen LogP contribution < -0.4 is 10.2 Å². The lowest BCUT2D eigenvalue weighted by atomic mass is 9.93. The smallest absolute Gasteiger partial charge is 0.255 e. The molecule has 33 heavy (non-hydrogen) atoms. The van der Waals surface area contributed by atoms with Crippen molar-refractivity contribution >= 4 is 28.8 Å². The van der Waals surface area contributed by atoms with E-state index in [4.69, 9.17) is 9.72 Å². The molecular weight excluding hydrogens is 420 g/mol. The van der Waals surface area contributed by atoms with E-state index in [0.29, 0.717) is 67.2 Å². The van der Waals surface area contributed by atoms with E-state index in [0.717, 1.165) is 6.42 Å². The number of anilines is 1. The van der Waals surface area contributed by atoms with Crippen molar-refractivity contribution in [2.45, 2.75) is 45.7 Å². The molecule has 2 aliphatic rings. The standard InChI is InChI=1S/C24H34N6O3/c1-6-20(31)30-8-7-29(14-24(30,4)5)19-11-26-22-21(28-19)17(10-25-22)23(32)27-18-13-33-12-16(18)9-15(2)3/h6,10-11,15-16,18H,1,7-9,12-14H2,2-5H3,(H,25,26)(H,27,32)/t16-,18+/m0/s1. The predicted octanol–water partition coefficient (Wildman–Crippen LogP) is 2.36. The lowest BCUT2D eigenvalue weighted by Crippen LogP contribution is -2.61. The Bertz CT molecular complexity index is 1050. The van der Waals surface area contributed by atoms with Gasteiger partial charge in [0.2, 0.25) is 5.91 Å². The Labute approximate surface area is 194 Å². The van der Waals surface area contributed by atoms with E-state index < -0.39 is 0 Å². The highest BCUT2D eigenvalue weighted by atomic mass is 16.5. The summed E-state index contributed by atoms with van der Waals surface area (Å²) < 4.78 is 5.64. The number of rotatable bonds is 6. The van der Waals surface area contributed by atoms with Gasteiger partial charge in [-0.15, -0.1) is 0 Å². The Kier molecular flexibility index (Phi) is 6.43. The second-order valence-corrected chi connectivity index (χ2v) is 10.1. The summed E-state index contributed by atoms with van der Waals surface area (Å²) >= 11 is 0. The molecule has 2 fully saturated rings. The minimum atomic E-state index is -0.383. The highest BCUT2D eigenvalue weighted by Crippen LogP contribution is 2.27. The number of H-pyrrole nitrogens is 1. The summed E-state index contributed by atoms with van der Waals surface area (Å²) in [5.41, 5.74) is 1.22. The molecule has 4 rings (SSSR count). The van der Waals surface area contributed by atoms with Gasteiger partial charge in [-0.05, 0) is 32.3 Å². The molecule has 0 bridgehead atoms. The van der Waals surface area contributed by atoms with Gasteiger partial charge in [0.05, 0.1) is 36.6 Å². The van der Waals surface area contributed by atoms with Crippen LogP contribution in [0.2, 0.25) is 0 Å². The van der Waals surface area contributed by atoms with Gasteiger partial charge in [0.25, 0.3) is 5.91 Å². The van der Waals surface area contributed by atoms with Crippen molar-refractivity contribution in [1.29, 1.82) is 0 Å². The predicted molar refractivity (Wildman–Crippen MR) is 127 cm³/mol. The van der Waals surface area contributed by atoms with Crippen LogP contribution in [-0.4, -0.2) is 76.1 Å². The molecule has 9 nitrogen and oxygen atoms in total. The summed E-state index contributed by atoms with van der Waals surface area (Å²) in [6, 6.07) is -0.00253. The zero-order chi connectivity index (χ0) is 23.8. The van der Waals surface area contributed by atoms with Gasteiger partial charge in [-0.1, -0.05) is 20.4 Å². The number of piperazine rings is 1. The summed E-state index contributed by atoms with van der Waals surface area (Å²) in [6.07, 6.45) is 5.75. The number of ether oxygens (including phenoxy) is 1. The molecular formula is C24H34N6O3. The molecule has 9 heteroatoms. The van der Waals surface area contributed by atoms with Crippen molar-refractivity contribution in [2.24, 2.45) is 11.8 Å². The van der Waals surface area contributed by atoms with E-state index in [1.54, 1.807) is 12.4 Å². The van der Waals surface area contributed by atoms with Crippen LogP contribution >= 0.6 is 0 Å². The zero-order valence-corrected chi connectivity index (χ0v) is 19.9. The molecule has 0 saturated carbocycles. The van der Waals surface area contributed by atoms with Crippen molar-refractivity contribution in [3.8, 4) is 0 Å². The first-order valence-corrected chi connectivity index (χ1v) is 11.6. The maximum absolute atomic E-state index is 13.1. The molecule has 2 amide bonds. The third kappa shape index (κ3) is 4.73. The fraction of sp³-hybridized carbons (Fsp3) is 0.583. The second-order valence-electron chi connectivity index (χ2n) is 10.1. The monoisotopic (exact) mass is 454 g/mol. The number of amides is 2. The van der Waals surface area contributed by atoms with Crippen LogP contribution in [-0.2, 0) is 9.53 Å². The van der Waals surface area contributed by atoms with E-state index >= 15 is 0 Å². The fourth-order valence-corrected chi connectivity index (χ4v) is 4.92. The van der Waals surface area contributed by atoms with Crippen molar-refractivity contribution in [3.05, 3.63) is 30.6 Å². The second kappa shape index (κ2) is 9.13. The number of fused-ring (bicyclic) bond motifs is 1. The number of carbonyl (C=O) groups excluding carboxylic acids is 2. The largest absolute Gasteiger partial charge is 0.379 e. The lowest BCUT2D eigenvalue weighted by molar-refractivity contribution is -0.131. The molecule has 2 atom stereocenters. The van der Waals surface area contributed by atoms with Crippen molar-refractivity contribution < 1.29 is 14.3 Å². The maximum atomic E-state index is 13.1. The van der Waals surface area contributed by atoms with Crippen LogP contribution in [0.1, 0.15) is 44.5 Å². The van der Waals surface area contributed by atoms with Crippen LogP contribution in [0.15, 0.2) is 25.0 Å². The fourth-order valence-electron chi connectivity index (χ4n) is 4.92. The zero-order valence-electron chi connectivity index (χ0n) is 19.9. The third-order valence-electron chi connectivity index (χ3n) is 6.57.